The Kier molecular flexibility index (Phi) is 4.57. The third-order valence-electron chi connectivity index (χ3n) is 1.92. The molecule has 0 aromatic carbocycles. The summed E-state index contributed by atoms with van der Waals surface area (Å²) in [6.07, 6.45) is 2.00. The van der Waals surface area contributed by atoms with Gasteiger partial charge in [-0.05, 0) is 35.9 Å². The molecule has 0 fully saturated rings. The summed E-state index contributed by atoms with van der Waals surface area (Å²) in [5.74, 6) is 1.90. The molecule has 0 amide bonds. The van der Waals surface area contributed by atoms with Gasteiger partial charge in [-0.2, -0.15) is 0 Å². The summed E-state index contributed by atoms with van der Waals surface area (Å²) >= 11 is 2.29. The predicted molar refractivity (Wildman–Crippen MR) is 67.6 cm³/mol. The van der Waals surface area contributed by atoms with Crippen molar-refractivity contribution in [3.8, 4) is 0 Å². The monoisotopic (exact) mass is 305 g/mol. The Morgan fingerprint density at radius 2 is 2.00 bits per heavy atom. The first-order valence-corrected chi connectivity index (χ1v) is 6.03. The van der Waals surface area contributed by atoms with Crippen LogP contribution < -0.4 is 5.32 Å². The van der Waals surface area contributed by atoms with Gasteiger partial charge in [0.05, 0.1) is 9.26 Å². The number of halogens is 1. The first-order chi connectivity index (χ1) is 6.69. The molecule has 0 spiro atoms. The van der Waals surface area contributed by atoms with E-state index < -0.39 is 0 Å². The molecule has 0 atom stereocenters. The topological polar surface area (TPSA) is 37.8 Å². The molecule has 0 aliphatic rings. The van der Waals surface area contributed by atoms with E-state index in [0.717, 1.165) is 40.3 Å². The highest BCUT2D eigenvalue weighted by Crippen LogP contribution is 2.18. The second-order valence-corrected chi connectivity index (χ2v) is 4.25. The van der Waals surface area contributed by atoms with Crippen LogP contribution >= 0.6 is 22.6 Å². The summed E-state index contributed by atoms with van der Waals surface area (Å²) in [4.78, 5) is 8.86. The van der Waals surface area contributed by atoms with Crippen LogP contribution in [0.25, 0.3) is 0 Å². The summed E-state index contributed by atoms with van der Waals surface area (Å²) in [5.41, 5.74) is 1.07. The number of nitrogens with zero attached hydrogens (tertiary/aromatic N) is 2. The molecule has 1 heterocycles. The number of hydrogen-bond donors (Lipinski definition) is 1. The second kappa shape index (κ2) is 5.48. The van der Waals surface area contributed by atoms with Crippen molar-refractivity contribution in [1.82, 2.24) is 9.97 Å². The zero-order valence-corrected chi connectivity index (χ0v) is 11.1. The molecule has 1 rings (SSSR count). The number of aryl methyl sites for hydroxylation is 2. The van der Waals surface area contributed by atoms with E-state index in [0.29, 0.717) is 0 Å². The van der Waals surface area contributed by atoms with Crippen molar-refractivity contribution in [3.63, 3.8) is 0 Å². The third kappa shape index (κ3) is 2.80. The molecule has 0 unspecified atom stereocenters. The molecule has 1 N–H and O–H groups in total. The molecule has 3 nitrogen and oxygen atoms in total. The first-order valence-electron chi connectivity index (χ1n) is 4.95. The zero-order chi connectivity index (χ0) is 10.6. The molecular formula is C10H16IN3. The average molecular weight is 305 g/mol. The maximum atomic E-state index is 4.46. The van der Waals surface area contributed by atoms with Crippen LogP contribution in [0.15, 0.2) is 0 Å². The van der Waals surface area contributed by atoms with Crippen molar-refractivity contribution in [2.75, 3.05) is 11.9 Å². The van der Waals surface area contributed by atoms with Crippen molar-refractivity contribution in [2.24, 2.45) is 0 Å². The quantitative estimate of drug-likeness (QED) is 0.869. The van der Waals surface area contributed by atoms with E-state index in [9.17, 15) is 0 Å². The smallest absolute Gasteiger partial charge is 0.143 e. The highest BCUT2D eigenvalue weighted by Gasteiger charge is 2.07. The normalized spacial score (nSPS) is 10.3. The fourth-order valence-electron chi connectivity index (χ4n) is 1.14. The highest BCUT2D eigenvalue weighted by molar-refractivity contribution is 14.1. The Hall–Kier alpha value is -0.390. The molecule has 0 saturated heterocycles. The van der Waals surface area contributed by atoms with Crippen LogP contribution in [0.3, 0.4) is 0 Å². The zero-order valence-electron chi connectivity index (χ0n) is 8.89. The van der Waals surface area contributed by atoms with Crippen molar-refractivity contribution < 1.29 is 0 Å². The summed E-state index contributed by atoms with van der Waals surface area (Å²) in [5, 5.41) is 3.32. The lowest BCUT2D eigenvalue weighted by atomic mass is 10.3. The van der Waals surface area contributed by atoms with Gasteiger partial charge >= 0.3 is 0 Å². The molecule has 0 radical (unpaired) electrons. The lowest BCUT2D eigenvalue weighted by Gasteiger charge is -2.09. The number of hydrogen-bond acceptors (Lipinski definition) is 3. The highest BCUT2D eigenvalue weighted by atomic mass is 127. The summed E-state index contributed by atoms with van der Waals surface area (Å²) in [7, 11) is 0. The molecule has 1 aromatic heterocycles. The number of anilines is 1. The van der Waals surface area contributed by atoms with E-state index in [1.807, 2.05) is 6.92 Å². The molecule has 0 aliphatic carbocycles. The second-order valence-electron chi connectivity index (χ2n) is 3.17. The van der Waals surface area contributed by atoms with E-state index in [4.69, 9.17) is 0 Å². The van der Waals surface area contributed by atoms with Crippen molar-refractivity contribution in [3.05, 3.63) is 15.1 Å². The van der Waals surface area contributed by atoms with Gasteiger partial charge in [0, 0.05) is 13.0 Å². The van der Waals surface area contributed by atoms with Crippen LogP contribution in [0.1, 0.15) is 31.8 Å². The molecule has 4 heteroatoms. The van der Waals surface area contributed by atoms with Crippen molar-refractivity contribution in [1.29, 1.82) is 0 Å². The molecular weight excluding hydrogens is 289 g/mol. The van der Waals surface area contributed by atoms with Gasteiger partial charge in [-0.3, -0.25) is 0 Å². The van der Waals surface area contributed by atoms with Gasteiger partial charge in [0.15, 0.2) is 0 Å². The van der Waals surface area contributed by atoms with Gasteiger partial charge in [-0.1, -0.05) is 13.8 Å². The largest absolute Gasteiger partial charge is 0.369 e. The summed E-state index contributed by atoms with van der Waals surface area (Å²) < 4.78 is 1.13. The lowest BCUT2D eigenvalue weighted by molar-refractivity contribution is 0.894. The van der Waals surface area contributed by atoms with E-state index >= 15 is 0 Å². The molecule has 1 aromatic rings. The third-order valence-corrected chi connectivity index (χ3v) is 3.21. The molecule has 78 valence electrons. The van der Waals surface area contributed by atoms with Crippen LogP contribution in [0.5, 0.6) is 0 Å². The number of rotatable bonds is 4. The summed E-state index contributed by atoms with van der Waals surface area (Å²) in [6.45, 7) is 7.22. The average Bonchev–Trinajstić information content (AvgIpc) is 2.20. The molecule has 14 heavy (non-hydrogen) atoms. The SMILES string of the molecule is CCCNc1nc(CC)nc(C)c1I. The van der Waals surface area contributed by atoms with Crippen molar-refractivity contribution >= 4 is 28.4 Å². The molecule has 0 bridgehead atoms. The van der Waals surface area contributed by atoms with Crippen LogP contribution in [0, 0.1) is 10.5 Å². The fraction of sp³-hybridized carbons (Fsp3) is 0.600. The summed E-state index contributed by atoms with van der Waals surface area (Å²) in [6, 6.07) is 0. The predicted octanol–water partition coefficient (Wildman–Crippen LogP) is 2.77. The minimum absolute atomic E-state index is 0.887. The van der Waals surface area contributed by atoms with Crippen LogP contribution in [0.4, 0.5) is 5.82 Å². The van der Waals surface area contributed by atoms with Crippen LogP contribution in [-0.4, -0.2) is 16.5 Å². The standard InChI is InChI=1S/C10H16IN3/c1-4-6-12-10-9(11)7(3)13-8(5-2)14-10/h4-6H2,1-3H3,(H,12,13,14). The number of nitrogens with one attached hydrogen (secondary N) is 1. The Balaban J connectivity index is 2.95. The number of aromatic nitrogens is 2. The van der Waals surface area contributed by atoms with Gasteiger partial charge in [0.25, 0.3) is 0 Å². The molecule has 0 saturated carbocycles. The van der Waals surface area contributed by atoms with Gasteiger partial charge in [0.2, 0.25) is 0 Å². The van der Waals surface area contributed by atoms with Crippen LogP contribution in [-0.2, 0) is 6.42 Å². The van der Waals surface area contributed by atoms with Gasteiger partial charge in [0.1, 0.15) is 11.6 Å². The van der Waals surface area contributed by atoms with Gasteiger partial charge in [-0.15, -0.1) is 0 Å². The minimum Gasteiger partial charge on any atom is -0.369 e. The van der Waals surface area contributed by atoms with Gasteiger partial charge < -0.3 is 5.32 Å². The maximum absolute atomic E-state index is 4.46. The van der Waals surface area contributed by atoms with E-state index in [1.54, 1.807) is 0 Å². The van der Waals surface area contributed by atoms with E-state index in [1.165, 1.54) is 0 Å². The Morgan fingerprint density at radius 3 is 2.57 bits per heavy atom. The Labute approximate surface area is 98.9 Å². The lowest BCUT2D eigenvalue weighted by Crippen LogP contribution is -2.08. The van der Waals surface area contributed by atoms with Crippen LogP contribution in [0.2, 0.25) is 0 Å². The maximum Gasteiger partial charge on any atom is 0.143 e. The van der Waals surface area contributed by atoms with E-state index in [-0.39, 0.29) is 0 Å². The fourth-order valence-corrected chi connectivity index (χ4v) is 1.57. The first kappa shape index (κ1) is 11.7. The molecule has 0 aliphatic heterocycles. The van der Waals surface area contributed by atoms with Gasteiger partial charge in [-0.25, -0.2) is 9.97 Å². The Bertz CT molecular complexity index is 312. The van der Waals surface area contributed by atoms with Crippen molar-refractivity contribution in [2.45, 2.75) is 33.6 Å². The minimum atomic E-state index is 0.887. The Morgan fingerprint density at radius 1 is 1.29 bits per heavy atom. The van der Waals surface area contributed by atoms with E-state index in [2.05, 4.69) is 51.7 Å².